The molecule has 0 aliphatic carbocycles. The van der Waals surface area contributed by atoms with Gasteiger partial charge in [-0.1, -0.05) is 26.8 Å². The second kappa shape index (κ2) is 7.91. The number of nitrogens with one attached hydrogen (secondary N) is 1. The summed E-state index contributed by atoms with van der Waals surface area (Å²) in [5.74, 6) is 1.73. The first-order valence-corrected chi connectivity index (χ1v) is 10.0. The minimum Gasteiger partial charge on any atom is -0.493 e. The monoisotopic (exact) mass is 413 g/mol. The van der Waals surface area contributed by atoms with Crippen LogP contribution in [-0.4, -0.2) is 47.4 Å². The Morgan fingerprint density at radius 3 is 2.28 bits per heavy atom. The van der Waals surface area contributed by atoms with Crippen LogP contribution < -0.4 is 14.4 Å². The molecule has 3 aromatic rings. The molecule has 154 valence electrons. The molecule has 0 radical (unpaired) electrons. The van der Waals surface area contributed by atoms with Crippen molar-refractivity contribution in [3.8, 4) is 11.5 Å². The summed E-state index contributed by atoms with van der Waals surface area (Å²) in [5, 5.41) is 0. The van der Waals surface area contributed by atoms with Crippen molar-refractivity contribution < 1.29 is 13.7 Å². The van der Waals surface area contributed by atoms with Gasteiger partial charge in [-0.05, 0) is 23.1 Å². The van der Waals surface area contributed by atoms with E-state index in [0.29, 0.717) is 39.0 Å². The van der Waals surface area contributed by atoms with Crippen molar-refractivity contribution in [1.82, 2.24) is 9.97 Å². The van der Waals surface area contributed by atoms with Gasteiger partial charge in [-0.3, -0.25) is 0 Å². The van der Waals surface area contributed by atoms with E-state index in [1.807, 2.05) is 25.1 Å². The standard InChI is InChI=1S/C22H27N3O3S/c1-22(2,3)13-8-9-17(25(4)5)14(10-13)20(29-26)21-23-15-11-18(27-6)19(28-7)12-16(15)24-21/h8-12H,1-7H3,(H,23,24). The Kier molecular flexibility index (Phi) is 5.71. The molecule has 0 bridgehead atoms. The molecule has 1 aromatic heterocycles. The fourth-order valence-electron chi connectivity index (χ4n) is 3.23. The van der Waals surface area contributed by atoms with Crippen molar-refractivity contribution in [2.24, 2.45) is 0 Å². The van der Waals surface area contributed by atoms with E-state index in [9.17, 15) is 4.21 Å². The van der Waals surface area contributed by atoms with E-state index in [-0.39, 0.29) is 5.41 Å². The summed E-state index contributed by atoms with van der Waals surface area (Å²) >= 11 is 0.446. The molecule has 0 fully saturated rings. The number of methoxy groups -OCH3 is 2. The van der Waals surface area contributed by atoms with Gasteiger partial charge in [0.1, 0.15) is 16.1 Å². The minimum atomic E-state index is -0.0349. The molecule has 29 heavy (non-hydrogen) atoms. The van der Waals surface area contributed by atoms with Crippen molar-refractivity contribution in [1.29, 1.82) is 0 Å². The largest absolute Gasteiger partial charge is 0.493 e. The number of aromatic nitrogens is 2. The predicted octanol–water partition coefficient (Wildman–Crippen LogP) is 3.73. The van der Waals surface area contributed by atoms with Gasteiger partial charge in [-0.2, -0.15) is 0 Å². The van der Waals surface area contributed by atoms with Crippen molar-refractivity contribution in [2.45, 2.75) is 26.2 Å². The maximum atomic E-state index is 12.2. The molecule has 0 atom stereocenters. The van der Waals surface area contributed by atoms with Gasteiger partial charge < -0.3 is 19.4 Å². The van der Waals surface area contributed by atoms with E-state index < -0.39 is 0 Å². The van der Waals surface area contributed by atoms with Gasteiger partial charge in [-0.25, -0.2) is 9.19 Å². The lowest BCUT2D eigenvalue weighted by Crippen LogP contribution is -2.18. The smallest absolute Gasteiger partial charge is 0.163 e. The molecule has 6 nitrogen and oxygen atoms in total. The summed E-state index contributed by atoms with van der Waals surface area (Å²) in [6, 6.07) is 9.89. The summed E-state index contributed by atoms with van der Waals surface area (Å²) in [6.45, 7) is 6.47. The molecule has 0 aliphatic rings. The third kappa shape index (κ3) is 4.00. The van der Waals surface area contributed by atoms with Crippen LogP contribution in [0.3, 0.4) is 0 Å². The zero-order chi connectivity index (χ0) is 21.3. The maximum Gasteiger partial charge on any atom is 0.163 e. The zero-order valence-electron chi connectivity index (χ0n) is 17.9. The van der Waals surface area contributed by atoms with Gasteiger partial charge in [0.2, 0.25) is 0 Å². The normalized spacial score (nSPS) is 11.4. The highest BCUT2D eigenvalue weighted by Crippen LogP contribution is 2.33. The Balaban J connectivity index is 2.21. The summed E-state index contributed by atoms with van der Waals surface area (Å²) in [6.07, 6.45) is 0. The second-order valence-electron chi connectivity index (χ2n) is 8.10. The molecular weight excluding hydrogens is 386 g/mol. The molecule has 0 saturated heterocycles. The van der Waals surface area contributed by atoms with Crippen LogP contribution in [0.25, 0.3) is 11.0 Å². The van der Waals surface area contributed by atoms with Gasteiger partial charge in [0, 0.05) is 37.5 Å². The van der Waals surface area contributed by atoms with Crippen molar-refractivity contribution >= 4 is 32.8 Å². The Morgan fingerprint density at radius 2 is 1.72 bits per heavy atom. The number of anilines is 1. The average molecular weight is 414 g/mol. The zero-order valence-corrected chi connectivity index (χ0v) is 18.7. The van der Waals surface area contributed by atoms with Crippen LogP contribution in [0.15, 0.2) is 30.3 Å². The van der Waals surface area contributed by atoms with Gasteiger partial charge in [0.25, 0.3) is 0 Å². The van der Waals surface area contributed by atoms with Crippen LogP contribution >= 0.6 is 0 Å². The lowest BCUT2D eigenvalue weighted by molar-refractivity contribution is 0.356. The van der Waals surface area contributed by atoms with Crippen LogP contribution in [0.5, 0.6) is 11.5 Å². The second-order valence-corrected chi connectivity index (χ2v) is 8.67. The average Bonchev–Trinajstić information content (AvgIpc) is 3.08. The summed E-state index contributed by atoms with van der Waals surface area (Å²) < 4.78 is 23.0. The van der Waals surface area contributed by atoms with E-state index in [0.717, 1.165) is 22.3 Å². The Labute approximate surface area is 174 Å². The molecule has 0 unspecified atom stereocenters. The van der Waals surface area contributed by atoms with E-state index in [2.05, 4.69) is 48.9 Å². The number of rotatable bonds is 5. The van der Waals surface area contributed by atoms with Crippen LogP contribution in [-0.2, 0) is 16.7 Å². The first-order chi connectivity index (χ1) is 13.7. The van der Waals surface area contributed by atoms with E-state index in [1.165, 1.54) is 0 Å². The van der Waals surface area contributed by atoms with E-state index in [1.54, 1.807) is 20.3 Å². The van der Waals surface area contributed by atoms with Gasteiger partial charge in [-0.15, -0.1) is 0 Å². The molecule has 3 rings (SSSR count). The first kappa shape index (κ1) is 20.9. The number of nitrogens with zero attached hydrogens (tertiary/aromatic N) is 2. The molecule has 1 N–H and O–H groups in total. The number of benzene rings is 2. The Morgan fingerprint density at radius 1 is 1.07 bits per heavy atom. The molecule has 1 heterocycles. The number of H-pyrrole nitrogens is 1. The van der Waals surface area contributed by atoms with Gasteiger partial charge >= 0.3 is 0 Å². The first-order valence-electron chi connectivity index (χ1n) is 9.30. The van der Waals surface area contributed by atoms with Crippen molar-refractivity contribution in [3.63, 3.8) is 0 Å². The summed E-state index contributed by atoms with van der Waals surface area (Å²) in [5.41, 5.74) is 4.44. The number of imidazole rings is 1. The van der Waals surface area contributed by atoms with Gasteiger partial charge in [0.15, 0.2) is 17.3 Å². The number of hydrogen-bond donors (Lipinski definition) is 1. The quantitative estimate of drug-likeness (QED) is 0.510. The minimum absolute atomic E-state index is 0.0349. The van der Waals surface area contributed by atoms with Crippen molar-refractivity contribution in [3.05, 3.63) is 47.3 Å². The van der Waals surface area contributed by atoms with E-state index >= 15 is 0 Å². The lowest BCUT2D eigenvalue weighted by Gasteiger charge is -2.23. The third-order valence-electron chi connectivity index (χ3n) is 4.87. The SMILES string of the molecule is COc1cc2nc(C(=S=O)c3cc(C(C)(C)C)ccc3N(C)C)[nH]c2cc1OC. The van der Waals surface area contributed by atoms with E-state index in [4.69, 9.17) is 9.47 Å². The molecule has 7 heteroatoms. The number of ether oxygens (including phenoxy) is 2. The molecule has 0 aliphatic heterocycles. The fraction of sp³-hybridized carbons (Fsp3) is 0.364. The lowest BCUT2D eigenvalue weighted by atomic mass is 9.85. The highest BCUT2D eigenvalue weighted by Gasteiger charge is 2.21. The van der Waals surface area contributed by atoms with Gasteiger partial charge in [0.05, 0.1) is 25.3 Å². The molecular formula is C22H27N3O3S. The van der Waals surface area contributed by atoms with Crippen LogP contribution in [0.2, 0.25) is 0 Å². The maximum absolute atomic E-state index is 12.2. The number of hydrogen-bond acceptors (Lipinski definition) is 5. The van der Waals surface area contributed by atoms with Crippen LogP contribution in [0, 0.1) is 0 Å². The highest BCUT2D eigenvalue weighted by atomic mass is 32.1. The number of fused-ring (bicyclic) bond motifs is 1. The highest BCUT2D eigenvalue weighted by molar-refractivity contribution is 7.67. The third-order valence-corrected chi connectivity index (χ3v) is 5.45. The Hall–Kier alpha value is -2.80. The summed E-state index contributed by atoms with van der Waals surface area (Å²) in [7, 11) is 7.12. The molecule has 0 spiro atoms. The predicted molar refractivity (Wildman–Crippen MR) is 120 cm³/mol. The molecule has 0 amide bonds. The number of aromatic amines is 1. The van der Waals surface area contributed by atoms with Crippen molar-refractivity contribution in [2.75, 3.05) is 33.2 Å². The molecule has 0 saturated carbocycles. The Bertz CT molecular complexity index is 1070. The summed E-state index contributed by atoms with van der Waals surface area (Å²) in [4.78, 5) is 10.5. The topological polar surface area (TPSA) is 67.5 Å². The molecule has 2 aromatic carbocycles. The van der Waals surface area contributed by atoms with Crippen LogP contribution in [0.4, 0.5) is 5.69 Å². The van der Waals surface area contributed by atoms with Crippen LogP contribution in [0.1, 0.15) is 37.7 Å². The fourth-order valence-corrected chi connectivity index (χ4v) is 3.66.